The molecule has 0 atom stereocenters. The zero-order chi connectivity index (χ0) is 34.8. The van der Waals surface area contributed by atoms with Gasteiger partial charge in [0.2, 0.25) is 11.8 Å². The normalized spacial score (nSPS) is 10.4. The minimum Gasteiger partial charge on any atom is -0.482 e. The molecule has 11 nitrogen and oxygen atoms in total. The van der Waals surface area contributed by atoms with Gasteiger partial charge in [0.1, 0.15) is 12.3 Å². The van der Waals surface area contributed by atoms with E-state index in [1.807, 2.05) is 38.1 Å². The summed E-state index contributed by atoms with van der Waals surface area (Å²) in [6.45, 7) is 4.14. The number of Topliss-reactive ketones (excluding diaryl/α,β-unsaturated/α-hetero) is 1. The van der Waals surface area contributed by atoms with Gasteiger partial charge in [-0.25, -0.2) is 4.79 Å². The van der Waals surface area contributed by atoms with Crippen molar-refractivity contribution in [3.63, 3.8) is 0 Å². The smallest absolute Gasteiger partial charge is 0.319 e. The molecule has 0 bridgehead atoms. The Morgan fingerprint density at radius 2 is 1.33 bits per heavy atom. The molecule has 0 unspecified atom stereocenters. The highest BCUT2D eigenvalue weighted by Gasteiger charge is 2.25. The lowest BCUT2D eigenvalue weighted by molar-refractivity contribution is -0.121. The van der Waals surface area contributed by atoms with Crippen molar-refractivity contribution in [1.29, 1.82) is 0 Å². The number of ketones is 1. The van der Waals surface area contributed by atoms with Crippen molar-refractivity contribution in [3.8, 4) is 5.75 Å². The zero-order valence-electron chi connectivity index (χ0n) is 27.7. The molecular formula is C37H39N5O6. The number of benzene rings is 4. The molecule has 0 aromatic heterocycles. The average Bonchev–Trinajstić information content (AvgIpc) is 3.08. The first kappa shape index (κ1) is 34.9. The Bertz CT molecular complexity index is 1790. The average molecular weight is 650 g/mol. The fourth-order valence-electron chi connectivity index (χ4n) is 4.91. The van der Waals surface area contributed by atoms with Gasteiger partial charge < -0.3 is 25.2 Å². The Labute approximate surface area is 280 Å². The third kappa shape index (κ3) is 9.29. The van der Waals surface area contributed by atoms with Crippen LogP contribution in [0.5, 0.6) is 5.75 Å². The van der Waals surface area contributed by atoms with Gasteiger partial charge in [0, 0.05) is 36.7 Å². The van der Waals surface area contributed by atoms with Crippen molar-refractivity contribution in [2.75, 3.05) is 53.8 Å². The Morgan fingerprint density at radius 1 is 0.688 bits per heavy atom. The number of hydrogen-bond acceptors (Lipinski definition) is 6. The van der Waals surface area contributed by atoms with Crippen molar-refractivity contribution in [2.24, 2.45) is 0 Å². The number of nitrogens with one attached hydrogen (secondary N) is 2. The van der Waals surface area contributed by atoms with Crippen LogP contribution in [0.15, 0.2) is 97.1 Å². The van der Waals surface area contributed by atoms with Crippen molar-refractivity contribution in [1.82, 2.24) is 5.32 Å². The molecular weight excluding hydrogens is 610 g/mol. The monoisotopic (exact) mass is 649 g/mol. The van der Waals surface area contributed by atoms with Crippen molar-refractivity contribution in [3.05, 3.63) is 114 Å². The predicted molar refractivity (Wildman–Crippen MR) is 187 cm³/mol. The third-order valence-electron chi connectivity index (χ3n) is 7.51. The molecule has 0 saturated heterocycles. The molecule has 11 heteroatoms. The predicted octanol–water partition coefficient (Wildman–Crippen LogP) is 5.37. The van der Waals surface area contributed by atoms with E-state index < -0.39 is 24.4 Å². The number of amides is 5. The first-order valence-electron chi connectivity index (χ1n) is 15.3. The summed E-state index contributed by atoms with van der Waals surface area (Å²) < 4.78 is 5.96. The van der Waals surface area contributed by atoms with E-state index in [1.165, 1.54) is 27.7 Å². The Kier molecular flexibility index (Phi) is 11.7. The van der Waals surface area contributed by atoms with Crippen LogP contribution in [0.25, 0.3) is 0 Å². The van der Waals surface area contributed by atoms with Gasteiger partial charge in [0.25, 0.3) is 5.91 Å². The Hall–Kier alpha value is -5.97. The number of carbonyl (C=O) groups excluding carboxylic acids is 5. The van der Waals surface area contributed by atoms with Crippen LogP contribution in [-0.4, -0.2) is 63.3 Å². The van der Waals surface area contributed by atoms with Crippen LogP contribution in [0.3, 0.4) is 0 Å². The van der Waals surface area contributed by atoms with Crippen LogP contribution in [0, 0.1) is 13.8 Å². The van der Waals surface area contributed by atoms with E-state index in [9.17, 15) is 24.0 Å². The lowest BCUT2D eigenvalue weighted by atomic mass is 10.1. The topological polar surface area (TPSA) is 128 Å². The summed E-state index contributed by atoms with van der Waals surface area (Å²) in [6.07, 6.45) is 0. The molecule has 4 aromatic carbocycles. The maximum Gasteiger partial charge on any atom is 0.319 e. The largest absolute Gasteiger partial charge is 0.482 e. The van der Waals surface area contributed by atoms with E-state index in [0.29, 0.717) is 16.9 Å². The second-order valence-electron chi connectivity index (χ2n) is 11.3. The van der Waals surface area contributed by atoms with Gasteiger partial charge in [0.05, 0.1) is 12.2 Å². The van der Waals surface area contributed by atoms with Gasteiger partial charge in [-0.1, -0.05) is 48.5 Å². The number of carbonyl (C=O) groups is 5. The maximum atomic E-state index is 13.7. The molecule has 0 saturated carbocycles. The van der Waals surface area contributed by atoms with E-state index in [-0.39, 0.29) is 36.3 Å². The molecule has 0 aliphatic carbocycles. The number of nitrogens with zero attached hydrogens (tertiary/aromatic N) is 3. The van der Waals surface area contributed by atoms with E-state index in [4.69, 9.17) is 4.74 Å². The zero-order valence-corrected chi connectivity index (χ0v) is 27.7. The van der Waals surface area contributed by atoms with Crippen LogP contribution < -0.4 is 30.1 Å². The number of aryl methyl sites for hydroxylation is 2. The highest BCUT2D eigenvalue weighted by Crippen LogP contribution is 2.29. The van der Waals surface area contributed by atoms with Gasteiger partial charge in [-0.15, -0.1) is 0 Å². The number of likely N-dealkylation sites (N-methyl/N-ethyl adjacent to an activating group) is 2. The lowest BCUT2D eigenvalue weighted by Gasteiger charge is -2.27. The summed E-state index contributed by atoms with van der Waals surface area (Å²) in [4.78, 5) is 68.9. The van der Waals surface area contributed by atoms with Gasteiger partial charge >= 0.3 is 6.03 Å². The summed E-state index contributed by atoms with van der Waals surface area (Å²) in [5.74, 6) is -1.28. The van der Waals surface area contributed by atoms with Gasteiger partial charge in [0.15, 0.2) is 12.4 Å². The van der Waals surface area contributed by atoms with E-state index in [0.717, 1.165) is 16.8 Å². The fourth-order valence-corrected chi connectivity index (χ4v) is 4.91. The van der Waals surface area contributed by atoms with Crippen LogP contribution >= 0.6 is 0 Å². The molecule has 0 radical (unpaired) electrons. The molecule has 0 aliphatic heterocycles. The first-order chi connectivity index (χ1) is 22.9. The molecule has 248 valence electrons. The number of urea groups is 1. The first-order valence-corrected chi connectivity index (χ1v) is 15.3. The second kappa shape index (κ2) is 16.0. The minimum atomic E-state index is -0.679. The summed E-state index contributed by atoms with van der Waals surface area (Å²) in [7, 11) is 3.26. The standard InChI is InChI=1S/C37H39N5O6/c1-25-18-26(2)20-31(19-25)41(5)36(46)24-48-33-17-10-9-16-32(33)42(23-35(45)40(4)30-14-7-6-8-15-30)34(44)22-38-37(47)39-29-13-11-12-28(21-29)27(3)43/h6-21H,22-24H2,1-5H3,(H2,38,39,47). The molecule has 4 aromatic rings. The van der Waals surface area contributed by atoms with Crippen LogP contribution in [0.2, 0.25) is 0 Å². The van der Waals surface area contributed by atoms with E-state index in [1.54, 1.807) is 80.8 Å². The highest BCUT2D eigenvalue weighted by molar-refractivity contribution is 6.06. The summed E-state index contributed by atoms with van der Waals surface area (Å²) in [5.41, 5.74) is 4.42. The third-order valence-corrected chi connectivity index (χ3v) is 7.51. The molecule has 0 aliphatic rings. The second-order valence-corrected chi connectivity index (χ2v) is 11.3. The lowest BCUT2D eigenvalue weighted by Crippen LogP contribution is -2.46. The number of ether oxygens (including phenoxy) is 1. The molecule has 5 amide bonds. The molecule has 48 heavy (non-hydrogen) atoms. The number of rotatable bonds is 12. The van der Waals surface area contributed by atoms with Gasteiger partial charge in [-0.2, -0.15) is 0 Å². The number of anilines is 4. The highest BCUT2D eigenvalue weighted by atomic mass is 16.5. The molecule has 0 fully saturated rings. The number of hydrogen-bond donors (Lipinski definition) is 2. The Morgan fingerprint density at radius 3 is 2.02 bits per heavy atom. The van der Waals surface area contributed by atoms with Gasteiger partial charge in [-0.05, 0) is 80.4 Å². The minimum absolute atomic E-state index is 0.158. The summed E-state index contributed by atoms with van der Waals surface area (Å²) >= 11 is 0. The van der Waals surface area contributed by atoms with Crippen LogP contribution in [0.1, 0.15) is 28.4 Å². The quantitative estimate of drug-likeness (QED) is 0.199. The fraction of sp³-hybridized carbons (Fsp3) is 0.216. The summed E-state index contributed by atoms with van der Waals surface area (Å²) in [6, 6.07) is 27.1. The van der Waals surface area contributed by atoms with E-state index in [2.05, 4.69) is 10.6 Å². The molecule has 4 rings (SSSR count). The number of para-hydroxylation sites is 3. The van der Waals surface area contributed by atoms with Gasteiger partial charge in [-0.3, -0.25) is 24.1 Å². The molecule has 0 heterocycles. The molecule has 0 spiro atoms. The van der Waals surface area contributed by atoms with Crippen LogP contribution in [-0.2, 0) is 14.4 Å². The SMILES string of the molecule is CC(=O)c1cccc(NC(=O)NCC(=O)N(CC(=O)N(C)c2ccccc2)c2ccccc2OCC(=O)N(C)c2cc(C)cc(C)c2)c1. The van der Waals surface area contributed by atoms with Crippen molar-refractivity contribution in [2.45, 2.75) is 20.8 Å². The maximum absolute atomic E-state index is 13.7. The van der Waals surface area contributed by atoms with Crippen molar-refractivity contribution >= 4 is 52.3 Å². The molecule has 2 N–H and O–H groups in total. The Balaban J connectivity index is 1.53. The van der Waals surface area contributed by atoms with E-state index >= 15 is 0 Å². The summed E-state index contributed by atoms with van der Waals surface area (Å²) in [5, 5.41) is 5.13. The van der Waals surface area contributed by atoms with Crippen LogP contribution in [0.4, 0.5) is 27.5 Å². The van der Waals surface area contributed by atoms with Crippen molar-refractivity contribution < 1.29 is 28.7 Å².